The van der Waals surface area contributed by atoms with E-state index in [0.29, 0.717) is 18.6 Å². The lowest BCUT2D eigenvalue weighted by molar-refractivity contribution is 0.0173. The van der Waals surface area contributed by atoms with Crippen LogP contribution in [-0.4, -0.2) is 44.2 Å². The number of pyridine rings is 1. The average Bonchev–Trinajstić information content (AvgIpc) is 2.96. The number of halogens is 1. The maximum Gasteiger partial charge on any atom is 0.410 e. The van der Waals surface area contributed by atoms with E-state index >= 15 is 0 Å². The number of aromatic amines is 1. The first-order valence-corrected chi connectivity index (χ1v) is 10.2. The quantitative estimate of drug-likeness (QED) is 0.606. The van der Waals surface area contributed by atoms with E-state index in [-0.39, 0.29) is 17.8 Å². The lowest BCUT2D eigenvalue weighted by atomic mass is 10.1. The summed E-state index contributed by atoms with van der Waals surface area (Å²) in [5, 5.41) is 0.902. The van der Waals surface area contributed by atoms with Crippen LogP contribution in [0, 0.1) is 0 Å². The van der Waals surface area contributed by atoms with Crippen molar-refractivity contribution in [3.8, 4) is 0 Å². The number of carbonyl (C=O) groups is 1. The number of hydrogen-bond acceptors (Lipinski definition) is 4. The first-order valence-electron chi connectivity index (χ1n) is 9.39. The number of hydrogen-bond donors (Lipinski definition) is 1. The number of amides is 1. The topological polar surface area (TPSA) is 80.2 Å². The fourth-order valence-electron chi connectivity index (χ4n) is 3.79. The van der Waals surface area contributed by atoms with Gasteiger partial charge in [-0.1, -0.05) is 15.9 Å². The summed E-state index contributed by atoms with van der Waals surface area (Å²) in [4.78, 5) is 34.4. The van der Waals surface area contributed by atoms with Crippen molar-refractivity contribution in [3.05, 3.63) is 39.4 Å². The number of nitrogens with zero attached hydrogens (tertiary/aromatic N) is 3. The summed E-state index contributed by atoms with van der Waals surface area (Å²) in [6, 6.07) is 5.71. The molecule has 0 saturated carbocycles. The van der Waals surface area contributed by atoms with Crippen molar-refractivity contribution in [2.45, 2.75) is 45.3 Å². The van der Waals surface area contributed by atoms with E-state index in [9.17, 15) is 9.59 Å². The second-order valence-corrected chi connectivity index (χ2v) is 9.12. The zero-order valence-corrected chi connectivity index (χ0v) is 17.7. The molecule has 0 radical (unpaired) electrons. The van der Waals surface area contributed by atoms with Crippen molar-refractivity contribution in [2.24, 2.45) is 0 Å². The molecule has 8 heteroatoms. The van der Waals surface area contributed by atoms with Gasteiger partial charge in [0.05, 0.1) is 28.8 Å². The summed E-state index contributed by atoms with van der Waals surface area (Å²) in [6.45, 7) is 6.64. The third-order valence-corrected chi connectivity index (χ3v) is 5.41. The van der Waals surface area contributed by atoms with Crippen molar-refractivity contribution in [1.82, 2.24) is 19.4 Å². The number of benzene rings is 1. The van der Waals surface area contributed by atoms with Gasteiger partial charge in [-0.15, -0.1) is 0 Å². The molecule has 2 aromatic heterocycles. The van der Waals surface area contributed by atoms with Crippen LogP contribution in [0.5, 0.6) is 0 Å². The molecule has 1 fully saturated rings. The van der Waals surface area contributed by atoms with Gasteiger partial charge in [0, 0.05) is 22.9 Å². The second-order valence-electron chi connectivity index (χ2n) is 8.20. The number of carbonyl (C=O) groups excluding carboxylic acids is 1. The minimum Gasteiger partial charge on any atom is -0.444 e. The van der Waals surface area contributed by atoms with E-state index in [2.05, 4.69) is 25.9 Å². The molecule has 7 nitrogen and oxygen atoms in total. The van der Waals surface area contributed by atoms with Gasteiger partial charge in [0.15, 0.2) is 0 Å². The van der Waals surface area contributed by atoms with E-state index < -0.39 is 5.60 Å². The lowest BCUT2D eigenvalue weighted by Crippen LogP contribution is -2.44. The first-order chi connectivity index (χ1) is 13.2. The van der Waals surface area contributed by atoms with Crippen LogP contribution in [0.4, 0.5) is 4.79 Å². The molecule has 1 N–H and O–H groups in total. The summed E-state index contributed by atoms with van der Waals surface area (Å²) < 4.78 is 8.23. The largest absolute Gasteiger partial charge is 0.444 e. The Morgan fingerprint density at radius 1 is 1.36 bits per heavy atom. The highest BCUT2D eigenvalue weighted by molar-refractivity contribution is 9.10. The average molecular weight is 447 g/mol. The van der Waals surface area contributed by atoms with Crippen molar-refractivity contribution in [1.29, 1.82) is 0 Å². The van der Waals surface area contributed by atoms with Crippen LogP contribution in [0.3, 0.4) is 0 Å². The maximum atomic E-state index is 12.8. The number of H-pyrrole nitrogens is 1. The van der Waals surface area contributed by atoms with Crippen molar-refractivity contribution in [3.63, 3.8) is 0 Å². The van der Waals surface area contributed by atoms with Gasteiger partial charge in [0.25, 0.3) is 0 Å². The third kappa shape index (κ3) is 3.53. The predicted octanol–water partition coefficient (Wildman–Crippen LogP) is 4.21. The fourth-order valence-corrected chi connectivity index (χ4v) is 4.15. The Kier molecular flexibility index (Phi) is 4.69. The lowest BCUT2D eigenvalue weighted by Gasteiger charge is -2.34. The molecule has 28 heavy (non-hydrogen) atoms. The minimum atomic E-state index is -0.546. The molecule has 1 aliphatic rings. The summed E-state index contributed by atoms with van der Waals surface area (Å²) in [7, 11) is 0. The van der Waals surface area contributed by atoms with E-state index in [1.54, 1.807) is 15.7 Å². The Morgan fingerprint density at radius 2 is 2.14 bits per heavy atom. The van der Waals surface area contributed by atoms with Crippen LogP contribution in [0.1, 0.15) is 39.7 Å². The maximum absolute atomic E-state index is 12.8. The van der Waals surface area contributed by atoms with Crippen LogP contribution >= 0.6 is 15.9 Å². The Morgan fingerprint density at radius 3 is 2.89 bits per heavy atom. The monoisotopic (exact) mass is 446 g/mol. The smallest absolute Gasteiger partial charge is 0.410 e. The number of likely N-dealkylation sites (tertiary alicyclic amines) is 1. The number of nitrogens with one attached hydrogen (secondary N) is 1. The van der Waals surface area contributed by atoms with Crippen molar-refractivity contribution in [2.75, 3.05) is 13.1 Å². The Balaban J connectivity index is 1.76. The van der Waals surface area contributed by atoms with Crippen molar-refractivity contribution >= 4 is 44.0 Å². The molecule has 1 atom stereocenters. The normalized spacial score (nSPS) is 18.0. The van der Waals surface area contributed by atoms with Gasteiger partial charge in [-0.3, -0.25) is 9.55 Å². The van der Waals surface area contributed by atoms with Crippen molar-refractivity contribution < 1.29 is 9.53 Å². The molecular formula is C20H23BrN4O3. The highest BCUT2D eigenvalue weighted by Gasteiger charge is 2.30. The molecular weight excluding hydrogens is 424 g/mol. The number of rotatable bonds is 1. The van der Waals surface area contributed by atoms with E-state index in [1.165, 1.54) is 0 Å². The molecule has 1 amide bonds. The van der Waals surface area contributed by atoms with Crippen LogP contribution in [0.25, 0.3) is 21.9 Å². The van der Waals surface area contributed by atoms with Crippen LogP contribution in [0.2, 0.25) is 0 Å². The van der Waals surface area contributed by atoms with Crippen LogP contribution in [0.15, 0.2) is 33.7 Å². The molecule has 148 valence electrons. The summed E-state index contributed by atoms with van der Waals surface area (Å²) in [5.41, 5.74) is 1.62. The summed E-state index contributed by atoms with van der Waals surface area (Å²) >= 11 is 3.51. The van der Waals surface area contributed by atoms with E-state index in [1.807, 2.05) is 39.0 Å². The SMILES string of the molecule is CC(C)(C)OC(=O)N1CCCC(n2c(=O)[nH]c3cnc4ccc(Br)cc4c32)C1. The molecule has 0 aliphatic carbocycles. The second kappa shape index (κ2) is 6.92. The molecule has 4 rings (SSSR count). The molecule has 1 unspecified atom stereocenters. The first kappa shape index (κ1) is 19.0. The van der Waals surface area contributed by atoms with E-state index in [4.69, 9.17) is 4.74 Å². The zero-order chi connectivity index (χ0) is 20.1. The van der Waals surface area contributed by atoms with Gasteiger partial charge >= 0.3 is 11.8 Å². The number of fused-ring (bicyclic) bond motifs is 3. The van der Waals surface area contributed by atoms with Gasteiger partial charge < -0.3 is 14.6 Å². The Labute approximate surface area is 170 Å². The highest BCUT2D eigenvalue weighted by Crippen LogP contribution is 2.30. The summed E-state index contributed by atoms with van der Waals surface area (Å²) in [5.74, 6) is 0. The van der Waals surface area contributed by atoms with Crippen LogP contribution in [-0.2, 0) is 4.74 Å². The van der Waals surface area contributed by atoms with Gasteiger partial charge in [0.2, 0.25) is 0 Å². The molecule has 1 saturated heterocycles. The Bertz CT molecular complexity index is 1110. The predicted molar refractivity (Wildman–Crippen MR) is 112 cm³/mol. The molecule has 1 aromatic carbocycles. The molecule has 3 aromatic rings. The molecule has 3 heterocycles. The number of imidazole rings is 1. The van der Waals surface area contributed by atoms with Gasteiger partial charge in [-0.05, 0) is 51.8 Å². The van der Waals surface area contributed by atoms with Gasteiger partial charge in [-0.2, -0.15) is 0 Å². The Hall–Kier alpha value is -2.35. The van der Waals surface area contributed by atoms with Crippen LogP contribution < -0.4 is 5.69 Å². The third-order valence-electron chi connectivity index (χ3n) is 4.92. The minimum absolute atomic E-state index is 0.118. The van der Waals surface area contributed by atoms with Gasteiger partial charge in [0.1, 0.15) is 5.60 Å². The number of piperidine rings is 1. The van der Waals surface area contributed by atoms with Gasteiger partial charge in [-0.25, -0.2) is 9.59 Å². The molecule has 0 bridgehead atoms. The standard InChI is InChI=1S/C20H23BrN4O3/c1-20(2,3)28-19(27)24-8-4-5-13(11-24)25-17-14-9-12(21)6-7-15(14)22-10-16(17)23-18(25)26/h6-7,9-10,13H,4-5,8,11H2,1-3H3,(H,23,26). The fraction of sp³-hybridized carbons (Fsp3) is 0.450. The molecule has 0 spiro atoms. The number of ether oxygens (including phenoxy) is 1. The number of aromatic nitrogens is 3. The zero-order valence-electron chi connectivity index (χ0n) is 16.2. The summed E-state index contributed by atoms with van der Waals surface area (Å²) in [6.07, 6.45) is 3.00. The molecule has 1 aliphatic heterocycles. The highest BCUT2D eigenvalue weighted by atomic mass is 79.9. The van der Waals surface area contributed by atoms with E-state index in [0.717, 1.165) is 33.7 Å².